The van der Waals surface area contributed by atoms with Gasteiger partial charge in [0.15, 0.2) is 0 Å². The Hall–Kier alpha value is -4.08. The van der Waals surface area contributed by atoms with E-state index in [1.54, 1.807) is 31.2 Å². The minimum Gasteiger partial charge on any atom is -0.466 e. The van der Waals surface area contributed by atoms with E-state index in [-0.39, 0.29) is 19.7 Å². The second-order valence-corrected chi connectivity index (χ2v) is 8.75. The van der Waals surface area contributed by atoms with E-state index in [1.807, 2.05) is 13.0 Å². The lowest BCUT2D eigenvalue weighted by molar-refractivity contribution is -0.149. The van der Waals surface area contributed by atoms with Crippen molar-refractivity contribution in [3.8, 4) is 5.69 Å². The van der Waals surface area contributed by atoms with Crippen molar-refractivity contribution in [3.05, 3.63) is 92.0 Å². The van der Waals surface area contributed by atoms with Crippen molar-refractivity contribution in [1.82, 2.24) is 19.2 Å². The summed E-state index contributed by atoms with van der Waals surface area (Å²) in [7, 11) is 0. The summed E-state index contributed by atoms with van der Waals surface area (Å²) in [6, 6.07) is 12.5. The van der Waals surface area contributed by atoms with Gasteiger partial charge in [0.1, 0.15) is 5.82 Å². The van der Waals surface area contributed by atoms with Gasteiger partial charge in [-0.15, -0.1) is 0 Å². The molecule has 0 bridgehead atoms. The molecule has 188 valence electrons. The molecule has 1 saturated heterocycles. The first kappa shape index (κ1) is 25.0. The predicted molar refractivity (Wildman–Crippen MR) is 130 cm³/mol. The minimum absolute atomic E-state index is 0.0895. The zero-order valence-electron chi connectivity index (χ0n) is 20.1. The van der Waals surface area contributed by atoms with Crippen LogP contribution in [0, 0.1) is 18.7 Å². The third-order valence-electron chi connectivity index (χ3n) is 6.07. The molecule has 0 aliphatic carbocycles. The van der Waals surface area contributed by atoms with E-state index in [0.29, 0.717) is 30.6 Å². The van der Waals surface area contributed by atoms with E-state index in [4.69, 9.17) is 4.74 Å². The van der Waals surface area contributed by atoms with Crippen LogP contribution < -0.4 is 11.2 Å². The zero-order valence-corrected chi connectivity index (χ0v) is 20.1. The topological polar surface area (TPSA) is 104 Å². The average molecular weight is 495 g/mol. The molecule has 1 amide bonds. The van der Waals surface area contributed by atoms with Crippen molar-refractivity contribution >= 4 is 11.9 Å². The van der Waals surface area contributed by atoms with Gasteiger partial charge in [-0.3, -0.25) is 19.0 Å². The van der Waals surface area contributed by atoms with Crippen LogP contribution >= 0.6 is 0 Å². The molecule has 1 unspecified atom stereocenters. The first-order valence-corrected chi connectivity index (χ1v) is 11.8. The summed E-state index contributed by atoms with van der Waals surface area (Å²) in [6.45, 7) is 3.97. The fourth-order valence-corrected chi connectivity index (χ4v) is 4.30. The van der Waals surface area contributed by atoms with Crippen LogP contribution in [0.15, 0.2) is 58.1 Å². The fourth-order valence-electron chi connectivity index (χ4n) is 4.30. The predicted octanol–water partition coefficient (Wildman–Crippen LogP) is 2.31. The van der Waals surface area contributed by atoms with Crippen LogP contribution in [0.5, 0.6) is 0 Å². The van der Waals surface area contributed by atoms with Gasteiger partial charge in [0, 0.05) is 13.1 Å². The Balaban J connectivity index is 1.79. The molecule has 1 aliphatic rings. The fraction of sp³-hybridized carbons (Fsp3) is 0.346. The molecule has 2 aromatic carbocycles. The van der Waals surface area contributed by atoms with Crippen LogP contribution in [0.25, 0.3) is 5.69 Å². The van der Waals surface area contributed by atoms with E-state index in [2.05, 4.69) is 5.10 Å². The molecule has 0 N–H and O–H groups in total. The summed E-state index contributed by atoms with van der Waals surface area (Å²) >= 11 is 0. The number of aryl methyl sites for hydroxylation is 1. The highest BCUT2D eigenvalue weighted by atomic mass is 19.1. The van der Waals surface area contributed by atoms with Crippen molar-refractivity contribution in [3.63, 3.8) is 0 Å². The first-order chi connectivity index (χ1) is 17.3. The number of nitrogens with zero attached hydrogens (tertiary/aromatic N) is 4. The minimum atomic E-state index is -0.878. The van der Waals surface area contributed by atoms with Gasteiger partial charge in [0.05, 0.1) is 24.8 Å². The third-order valence-corrected chi connectivity index (χ3v) is 6.07. The summed E-state index contributed by atoms with van der Waals surface area (Å²) < 4.78 is 20.8. The SMILES string of the molecule is CCOC(=O)C1CCCN(C(=O)c2nn(-c3cccc(C)c3)c(=O)n(Cc3cccc(F)c3)c2=O)C1. The number of benzene rings is 2. The van der Waals surface area contributed by atoms with E-state index in [9.17, 15) is 23.6 Å². The second-order valence-electron chi connectivity index (χ2n) is 8.75. The lowest BCUT2D eigenvalue weighted by Crippen LogP contribution is -2.49. The molecule has 10 heteroatoms. The van der Waals surface area contributed by atoms with Crippen molar-refractivity contribution in [2.75, 3.05) is 19.7 Å². The van der Waals surface area contributed by atoms with Gasteiger partial charge in [-0.25, -0.2) is 9.18 Å². The summed E-state index contributed by atoms with van der Waals surface area (Å²) in [5.41, 5.74) is -0.465. The third kappa shape index (κ3) is 5.27. The Kier molecular flexibility index (Phi) is 7.42. The Morgan fingerprint density at radius 1 is 1.14 bits per heavy atom. The van der Waals surface area contributed by atoms with Crippen LogP contribution in [-0.2, 0) is 16.1 Å². The number of piperidine rings is 1. The van der Waals surface area contributed by atoms with Crippen LogP contribution in [0.1, 0.15) is 41.4 Å². The number of hydrogen-bond acceptors (Lipinski definition) is 6. The van der Waals surface area contributed by atoms with E-state index in [1.165, 1.54) is 23.1 Å². The number of esters is 1. The smallest absolute Gasteiger partial charge is 0.352 e. The Labute approximate surface area is 206 Å². The molecule has 0 spiro atoms. The van der Waals surface area contributed by atoms with Gasteiger partial charge in [-0.2, -0.15) is 9.78 Å². The largest absolute Gasteiger partial charge is 0.466 e. The van der Waals surface area contributed by atoms with E-state index < -0.39 is 40.6 Å². The van der Waals surface area contributed by atoms with Gasteiger partial charge < -0.3 is 9.64 Å². The number of carbonyl (C=O) groups is 2. The number of amides is 1. The Bertz CT molecular complexity index is 1410. The van der Waals surface area contributed by atoms with Crippen LogP contribution in [-0.4, -0.2) is 50.8 Å². The lowest BCUT2D eigenvalue weighted by atomic mass is 9.98. The number of ether oxygens (including phenoxy) is 1. The number of hydrogen-bond donors (Lipinski definition) is 0. The van der Waals surface area contributed by atoms with E-state index >= 15 is 0 Å². The van der Waals surface area contributed by atoms with Gasteiger partial charge in [0.2, 0.25) is 5.69 Å². The van der Waals surface area contributed by atoms with Gasteiger partial charge in [-0.05, 0) is 62.1 Å². The van der Waals surface area contributed by atoms with Crippen molar-refractivity contribution in [2.45, 2.75) is 33.2 Å². The molecule has 1 fully saturated rings. The average Bonchev–Trinajstić information content (AvgIpc) is 2.86. The van der Waals surface area contributed by atoms with Crippen molar-refractivity contribution in [1.29, 1.82) is 0 Å². The highest BCUT2D eigenvalue weighted by Gasteiger charge is 2.32. The van der Waals surface area contributed by atoms with Gasteiger partial charge in [0.25, 0.3) is 11.5 Å². The van der Waals surface area contributed by atoms with Crippen LogP contribution in [0.4, 0.5) is 4.39 Å². The van der Waals surface area contributed by atoms with Gasteiger partial charge in [-0.1, -0.05) is 24.3 Å². The monoisotopic (exact) mass is 494 g/mol. The summed E-state index contributed by atoms with van der Waals surface area (Å²) in [5, 5.41) is 4.17. The Morgan fingerprint density at radius 2 is 1.92 bits per heavy atom. The molecule has 9 nitrogen and oxygen atoms in total. The summed E-state index contributed by atoms with van der Waals surface area (Å²) in [4.78, 5) is 53.9. The molecular weight excluding hydrogens is 467 g/mol. The molecule has 4 rings (SSSR count). The molecule has 1 aromatic heterocycles. The number of aromatic nitrogens is 3. The first-order valence-electron chi connectivity index (χ1n) is 11.8. The molecular formula is C26H27FN4O5. The molecule has 36 heavy (non-hydrogen) atoms. The molecule has 3 aromatic rings. The van der Waals surface area contributed by atoms with Crippen LogP contribution in [0.3, 0.4) is 0 Å². The molecule has 1 aliphatic heterocycles. The molecule has 0 radical (unpaired) electrons. The normalized spacial score (nSPS) is 15.5. The lowest BCUT2D eigenvalue weighted by Gasteiger charge is -2.31. The number of halogens is 1. The number of likely N-dealkylation sites (tertiary alicyclic amines) is 1. The maximum atomic E-state index is 13.8. The molecule has 1 atom stereocenters. The number of carbonyl (C=O) groups excluding carboxylic acids is 2. The quantitative estimate of drug-likeness (QED) is 0.487. The Morgan fingerprint density at radius 3 is 2.64 bits per heavy atom. The summed E-state index contributed by atoms with van der Waals surface area (Å²) in [5.74, 6) is -2.08. The summed E-state index contributed by atoms with van der Waals surface area (Å²) in [6.07, 6.45) is 1.13. The molecule has 2 heterocycles. The number of rotatable bonds is 6. The van der Waals surface area contributed by atoms with E-state index in [0.717, 1.165) is 14.8 Å². The maximum absolute atomic E-state index is 13.8. The van der Waals surface area contributed by atoms with Gasteiger partial charge >= 0.3 is 11.7 Å². The second kappa shape index (κ2) is 10.7. The van der Waals surface area contributed by atoms with Crippen molar-refractivity contribution in [2.24, 2.45) is 5.92 Å². The zero-order chi connectivity index (χ0) is 25.8. The highest BCUT2D eigenvalue weighted by Crippen LogP contribution is 2.19. The standard InChI is InChI=1S/C26H27FN4O5/c1-3-36-25(34)19-9-6-12-29(16-19)23(32)22-24(33)30(15-18-8-5-10-20(27)14-18)26(35)31(28-22)21-11-4-7-17(2)13-21/h4-5,7-8,10-11,13-14,19H,3,6,9,12,15-16H2,1-2H3. The molecule has 0 saturated carbocycles. The maximum Gasteiger partial charge on any atom is 0.352 e. The van der Waals surface area contributed by atoms with Crippen LogP contribution in [0.2, 0.25) is 0 Å². The van der Waals surface area contributed by atoms with Crippen molar-refractivity contribution < 1.29 is 18.7 Å². The highest BCUT2D eigenvalue weighted by molar-refractivity contribution is 5.92.